The van der Waals surface area contributed by atoms with Crippen molar-refractivity contribution >= 4 is 17.7 Å². The van der Waals surface area contributed by atoms with Gasteiger partial charge in [0.2, 0.25) is 0 Å². The number of aliphatic hydroxyl groups is 6. The molecule has 0 aromatic heterocycles. The van der Waals surface area contributed by atoms with Crippen molar-refractivity contribution in [2.75, 3.05) is 20.2 Å². The molecule has 0 amide bonds. The van der Waals surface area contributed by atoms with Crippen LogP contribution >= 0.6 is 0 Å². The van der Waals surface area contributed by atoms with Crippen molar-refractivity contribution in [3.05, 3.63) is 0 Å². The molecule has 3 rings (SSSR count). The number of ether oxygens (including phenoxy) is 6. The number of esters is 2. The van der Waals surface area contributed by atoms with Crippen molar-refractivity contribution < 1.29 is 73.4 Å². The first-order chi connectivity index (χ1) is 26.5. The zero-order valence-electron chi connectivity index (χ0n) is 35.9. The maximum atomic E-state index is 14.0. The summed E-state index contributed by atoms with van der Waals surface area (Å²) in [5, 5.41) is 68.1. The predicted octanol–water partition coefficient (Wildman–Crippen LogP) is 1.85. The van der Waals surface area contributed by atoms with Crippen LogP contribution in [0.25, 0.3) is 0 Å². The molecular weight excluding hydrogens is 746 g/mol. The minimum Gasteiger partial charge on any atom is -0.463 e. The number of likely N-dealkylation sites (N-methyl/N-ethyl adjacent to an activating group) is 1. The van der Waals surface area contributed by atoms with Gasteiger partial charge in [-0.3, -0.25) is 19.3 Å². The minimum absolute atomic E-state index is 0.0558. The molecule has 0 radical (unpaired) electrons. The lowest BCUT2D eigenvalue weighted by Crippen LogP contribution is -2.58. The van der Waals surface area contributed by atoms with Gasteiger partial charge in [-0.1, -0.05) is 41.5 Å². The lowest BCUT2D eigenvalue weighted by atomic mass is 9.74. The van der Waals surface area contributed by atoms with Gasteiger partial charge >= 0.3 is 11.9 Å². The summed E-state index contributed by atoms with van der Waals surface area (Å²) in [7, 11) is 1.71. The summed E-state index contributed by atoms with van der Waals surface area (Å²) in [4.78, 5) is 41.1. The SMILES string of the molecule is CCC(=O)OCC(O)CN(C)[C@H]1C[C@@H](C)OC(O[C@@H]2C[C@H](OC3C[C@@](C)(CC)[C@@H](O)[C@H](C)O3)[C@@H](C)C(=O)O[C@H](CC)[C@@](C)(O)[C@H](O)[C@@H](C)C(=O)[C@H](C)C[C@H]2O)[C@@H]1O. The van der Waals surface area contributed by atoms with E-state index in [1.54, 1.807) is 53.5 Å². The number of carbonyl (C=O) groups is 3. The van der Waals surface area contributed by atoms with Gasteiger partial charge in [0, 0.05) is 49.1 Å². The van der Waals surface area contributed by atoms with E-state index in [4.69, 9.17) is 28.4 Å². The number of cyclic esters (lactones) is 1. The van der Waals surface area contributed by atoms with Crippen LogP contribution in [0.4, 0.5) is 0 Å². The maximum absolute atomic E-state index is 14.0. The van der Waals surface area contributed by atoms with Gasteiger partial charge in [-0.05, 0) is 60.4 Å². The van der Waals surface area contributed by atoms with Crippen molar-refractivity contribution in [3.8, 4) is 0 Å². The second kappa shape index (κ2) is 21.1. The molecule has 0 aromatic rings. The highest BCUT2D eigenvalue weighted by Crippen LogP contribution is 2.41. The fourth-order valence-electron chi connectivity index (χ4n) is 8.48. The molecule has 3 heterocycles. The number of ketones is 1. The van der Waals surface area contributed by atoms with Crippen molar-refractivity contribution in [3.63, 3.8) is 0 Å². The standard InChI is InChI=1S/C41H73NO15/c1-12-31-41(10,51)36(48)24(7)34(46)21(4)15-28(44)30(17-29(23(6)38(50)57-31)55-33-18-40(9,14-3)37(49)25(8)54-33)56-39-35(47)27(16-22(5)53-39)42(11)19-26(43)20-52-32(45)13-2/h21-31,33,35-37,39,43-44,47-49,51H,12-20H2,1-11H3/t21-,22-,23-,24+,25+,26?,27+,28-,29+,30-,31-,33?,35-,36-,37+,39?,40-,41-/m1/s1. The van der Waals surface area contributed by atoms with E-state index in [9.17, 15) is 45.0 Å². The van der Waals surface area contributed by atoms with Crippen LogP contribution in [0.15, 0.2) is 0 Å². The second-order valence-corrected chi connectivity index (χ2v) is 17.4. The Hall–Kier alpha value is -1.83. The summed E-state index contributed by atoms with van der Waals surface area (Å²) in [5.74, 6) is -4.64. The van der Waals surface area contributed by atoms with Gasteiger partial charge in [0.05, 0.1) is 48.6 Å². The van der Waals surface area contributed by atoms with Crippen LogP contribution in [-0.4, -0.2) is 159 Å². The molecule has 0 aliphatic carbocycles. The van der Waals surface area contributed by atoms with Gasteiger partial charge in [0.15, 0.2) is 12.6 Å². The van der Waals surface area contributed by atoms with Crippen molar-refractivity contribution in [2.24, 2.45) is 23.2 Å². The van der Waals surface area contributed by atoms with E-state index < -0.39 is 126 Å². The predicted molar refractivity (Wildman–Crippen MR) is 206 cm³/mol. The monoisotopic (exact) mass is 819 g/mol. The van der Waals surface area contributed by atoms with Crippen LogP contribution in [0.1, 0.15) is 114 Å². The number of carbonyl (C=O) groups excluding carboxylic acids is 3. The number of hydrogen-bond acceptors (Lipinski definition) is 16. The average Bonchev–Trinajstić information content (AvgIpc) is 3.16. The largest absolute Gasteiger partial charge is 0.463 e. The lowest BCUT2D eigenvalue weighted by molar-refractivity contribution is -0.295. The Morgan fingerprint density at radius 2 is 1.56 bits per heavy atom. The first-order valence-electron chi connectivity index (χ1n) is 20.9. The fourth-order valence-corrected chi connectivity index (χ4v) is 8.48. The Balaban J connectivity index is 2.03. The highest BCUT2D eigenvalue weighted by Gasteiger charge is 2.50. The summed E-state index contributed by atoms with van der Waals surface area (Å²) < 4.78 is 36.3. The van der Waals surface area contributed by atoms with Gasteiger partial charge in [-0.2, -0.15) is 0 Å². The Morgan fingerprint density at radius 3 is 2.16 bits per heavy atom. The van der Waals surface area contributed by atoms with Crippen LogP contribution in [0, 0.1) is 23.2 Å². The summed E-state index contributed by atoms with van der Waals surface area (Å²) in [5.41, 5.74) is -2.59. The molecule has 57 heavy (non-hydrogen) atoms. The van der Waals surface area contributed by atoms with Crippen LogP contribution in [-0.2, 0) is 42.8 Å². The molecule has 0 saturated carbocycles. The molecule has 332 valence electrons. The Morgan fingerprint density at radius 1 is 0.912 bits per heavy atom. The lowest BCUT2D eigenvalue weighted by Gasteiger charge is -2.46. The van der Waals surface area contributed by atoms with Gasteiger partial charge in [-0.15, -0.1) is 0 Å². The van der Waals surface area contributed by atoms with Gasteiger partial charge < -0.3 is 59.1 Å². The zero-order chi connectivity index (χ0) is 43.2. The van der Waals surface area contributed by atoms with Crippen molar-refractivity contribution in [1.29, 1.82) is 0 Å². The number of rotatable bonds is 12. The highest BCUT2D eigenvalue weighted by molar-refractivity contribution is 5.83. The van der Waals surface area contributed by atoms with E-state index in [-0.39, 0.29) is 45.3 Å². The summed E-state index contributed by atoms with van der Waals surface area (Å²) >= 11 is 0. The first-order valence-corrected chi connectivity index (χ1v) is 20.9. The van der Waals surface area contributed by atoms with E-state index in [0.717, 1.165) is 0 Å². The fraction of sp³-hybridized carbons (Fsp3) is 0.927. The molecule has 16 nitrogen and oxygen atoms in total. The molecule has 0 aromatic carbocycles. The smallest absolute Gasteiger partial charge is 0.311 e. The Labute approximate surface area is 338 Å². The molecule has 3 unspecified atom stereocenters. The average molecular weight is 820 g/mol. The number of hydrogen-bond donors (Lipinski definition) is 6. The molecule has 3 fully saturated rings. The van der Waals surface area contributed by atoms with Crippen LogP contribution < -0.4 is 0 Å². The van der Waals surface area contributed by atoms with Gasteiger partial charge in [0.25, 0.3) is 0 Å². The first kappa shape index (κ1) is 49.5. The molecule has 3 saturated heterocycles. The van der Waals surface area contributed by atoms with E-state index in [0.29, 0.717) is 12.8 Å². The van der Waals surface area contributed by atoms with Crippen molar-refractivity contribution in [1.82, 2.24) is 4.90 Å². The van der Waals surface area contributed by atoms with Crippen LogP contribution in [0.3, 0.4) is 0 Å². The molecule has 3 aliphatic rings. The molecule has 16 heteroatoms. The van der Waals surface area contributed by atoms with Gasteiger partial charge in [-0.25, -0.2) is 0 Å². The Kier molecular flexibility index (Phi) is 18.3. The van der Waals surface area contributed by atoms with E-state index in [2.05, 4.69) is 0 Å². The summed E-state index contributed by atoms with van der Waals surface area (Å²) in [6, 6.07) is -0.594. The summed E-state index contributed by atoms with van der Waals surface area (Å²) in [6.07, 6.45) is -11.6. The van der Waals surface area contributed by atoms with E-state index in [1.807, 2.05) is 13.8 Å². The number of aliphatic hydroxyl groups excluding tert-OH is 5. The molecule has 18 atom stereocenters. The van der Waals surface area contributed by atoms with Crippen molar-refractivity contribution in [2.45, 2.75) is 199 Å². The normalized spacial score (nSPS) is 43.6. The molecule has 3 aliphatic heterocycles. The van der Waals surface area contributed by atoms with Gasteiger partial charge in [0.1, 0.15) is 36.3 Å². The van der Waals surface area contributed by atoms with Crippen LogP contribution in [0.2, 0.25) is 0 Å². The molecule has 0 bridgehead atoms. The third kappa shape index (κ3) is 12.4. The Bertz CT molecular complexity index is 1300. The third-order valence-electron chi connectivity index (χ3n) is 12.7. The zero-order valence-corrected chi connectivity index (χ0v) is 35.9. The minimum atomic E-state index is -2.00. The maximum Gasteiger partial charge on any atom is 0.311 e. The second-order valence-electron chi connectivity index (χ2n) is 17.4. The molecular formula is C41H73NO15. The van der Waals surface area contributed by atoms with Crippen LogP contribution in [0.5, 0.6) is 0 Å². The third-order valence-corrected chi connectivity index (χ3v) is 12.7. The summed E-state index contributed by atoms with van der Waals surface area (Å²) in [6.45, 7) is 16.6. The quantitative estimate of drug-likeness (QED) is 0.154. The number of Topliss-reactive ketones (excluding diaryl/α,β-unsaturated/α-hetero) is 1. The highest BCUT2D eigenvalue weighted by atomic mass is 16.7. The number of nitrogens with zero attached hydrogens (tertiary/aromatic N) is 1. The molecule has 6 N–H and O–H groups in total. The molecule has 0 spiro atoms. The van der Waals surface area contributed by atoms with E-state index >= 15 is 0 Å². The topological polar surface area (TPSA) is 231 Å². The van der Waals surface area contributed by atoms with E-state index in [1.165, 1.54) is 13.8 Å².